The van der Waals surface area contributed by atoms with Crippen LogP contribution in [0, 0.1) is 6.92 Å². The Labute approximate surface area is 236 Å². The Morgan fingerprint density at radius 2 is 1.59 bits per heavy atom. The Morgan fingerprint density at radius 3 is 2.18 bits per heavy atom. The second-order valence-electron chi connectivity index (χ2n) is 9.55. The molecule has 0 aromatic heterocycles. The van der Waals surface area contributed by atoms with Gasteiger partial charge in [-0.25, -0.2) is 8.42 Å². The molecule has 3 aromatic rings. The Bertz CT molecular complexity index is 1360. The molecule has 0 aliphatic heterocycles. The van der Waals surface area contributed by atoms with E-state index in [0.29, 0.717) is 11.4 Å². The average molecular weight is 570 g/mol. The molecule has 3 aromatic carbocycles. The zero-order valence-electron chi connectivity index (χ0n) is 22.8. The normalized spacial score (nSPS) is 12.8. The number of nitrogens with one attached hydrogen (secondary N) is 1. The summed E-state index contributed by atoms with van der Waals surface area (Å²) in [6.45, 7) is 7.23. The quantitative estimate of drug-likeness (QED) is 0.309. The van der Waals surface area contributed by atoms with Crippen LogP contribution in [-0.4, -0.2) is 43.8 Å². The van der Waals surface area contributed by atoms with Crippen molar-refractivity contribution < 1.29 is 18.0 Å². The number of carbonyl (C=O) groups is 2. The van der Waals surface area contributed by atoms with Crippen molar-refractivity contribution in [3.63, 3.8) is 0 Å². The van der Waals surface area contributed by atoms with Crippen LogP contribution in [0.15, 0.2) is 83.8 Å². The molecule has 1 N–H and O–H groups in total. The molecule has 0 radical (unpaired) electrons. The van der Waals surface area contributed by atoms with E-state index in [1.54, 1.807) is 30.3 Å². The van der Waals surface area contributed by atoms with E-state index in [-0.39, 0.29) is 29.1 Å². The van der Waals surface area contributed by atoms with Gasteiger partial charge in [0.1, 0.15) is 12.6 Å². The minimum absolute atomic E-state index is 0.0528. The van der Waals surface area contributed by atoms with Crippen molar-refractivity contribution in [3.8, 4) is 0 Å². The number of aryl methyl sites for hydroxylation is 1. The second-order valence-corrected chi connectivity index (χ2v) is 11.9. The van der Waals surface area contributed by atoms with Crippen LogP contribution in [0.1, 0.15) is 44.7 Å². The summed E-state index contributed by atoms with van der Waals surface area (Å²) in [6.07, 6.45) is 1.11. The maximum atomic E-state index is 14.0. The van der Waals surface area contributed by atoms with E-state index in [9.17, 15) is 18.0 Å². The number of benzene rings is 3. The number of carbonyl (C=O) groups excluding carboxylic acids is 2. The zero-order valence-corrected chi connectivity index (χ0v) is 24.4. The predicted octanol–water partition coefficient (Wildman–Crippen LogP) is 5.57. The van der Waals surface area contributed by atoms with Gasteiger partial charge in [-0.2, -0.15) is 0 Å². The summed E-state index contributed by atoms with van der Waals surface area (Å²) in [5.74, 6) is -0.771. The first-order chi connectivity index (χ1) is 18.6. The van der Waals surface area contributed by atoms with Crippen molar-refractivity contribution in [1.82, 2.24) is 10.2 Å². The molecule has 0 fully saturated rings. The van der Waals surface area contributed by atoms with Crippen molar-refractivity contribution in [2.75, 3.05) is 10.8 Å². The molecule has 0 saturated heterocycles. The summed E-state index contributed by atoms with van der Waals surface area (Å²) in [5, 5.41) is 3.31. The molecule has 0 saturated carbocycles. The third kappa shape index (κ3) is 7.83. The third-order valence-electron chi connectivity index (χ3n) is 6.57. The first kappa shape index (κ1) is 30.2. The van der Waals surface area contributed by atoms with Gasteiger partial charge in [0.25, 0.3) is 10.0 Å². The summed E-state index contributed by atoms with van der Waals surface area (Å²) in [4.78, 5) is 28.8. The van der Waals surface area contributed by atoms with E-state index in [2.05, 4.69) is 5.32 Å². The van der Waals surface area contributed by atoms with E-state index < -0.39 is 28.5 Å². The van der Waals surface area contributed by atoms with E-state index >= 15 is 0 Å². The van der Waals surface area contributed by atoms with Gasteiger partial charge in [-0.1, -0.05) is 79.5 Å². The van der Waals surface area contributed by atoms with Crippen LogP contribution in [0.3, 0.4) is 0 Å². The molecule has 0 aliphatic rings. The van der Waals surface area contributed by atoms with Crippen LogP contribution >= 0.6 is 11.6 Å². The number of hydrogen-bond acceptors (Lipinski definition) is 4. The highest BCUT2D eigenvalue weighted by Gasteiger charge is 2.34. The smallest absolute Gasteiger partial charge is 0.264 e. The standard InChI is InChI=1S/C30H36ClN3O4S/c1-5-23(4)32-30(36)28(6-2)33(20-24-11-8-7-9-12-24)29(35)21-34(26-14-10-13-25(31)19-26)39(37,38)27-17-15-22(3)16-18-27/h7-19,23,28H,5-6,20-21H2,1-4H3,(H,32,36)/t23-,28-/m0/s1. The fourth-order valence-corrected chi connectivity index (χ4v) is 5.73. The lowest BCUT2D eigenvalue weighted by Gasteiger charge is -2.33. The molecule has 39 heavy (non-hydrogen) atoms. The summed E-state index contributed by atoms with van der Waals surface area (Å²) < 4.78 is 28.8. The lowest BCUT2D eigenvalue weighted by atomic mass is 10.1. The van der Waals surface area contributed by atoms with E-state index in [1.165, 1.54) is 23.1 Å². The highest BCUT2D eigenvalue weighted by atomic mass is 35.5. The van der Waals surface area contributed by atoms with E-state index in [0.717, 1.165) is 21.9 Å². The molecule has 0 heterocycles. The molecule has 208 valence electrons. The minimum Gasteiger partial charge on any atom is -0.352 e. The zero-order chi connectivity index (χ0) is 28.6. The van der Waals surface area contributed by atoms with Crippen LogP contribution in [0.25, 0.3) is 0 Å². The number of nitrogens with zero attached hydrogens (tertiary/aromatic N) is 2. The largest absolute Gasteiger partial charge is 0.352 e. The molecular weight excluding hydrogens is 534 g/mol. The van der Waals surface area contributed by atoms with Crippen molar-refractivity contribution in [2.24, 2.45) is 0 Å². The highest BCUT2D eigenvalue weighted by Crippen LogP contribution is 2.27. The Morgan fingerprint density at radius 1 is 0.923 bits per heavy atom. The Hall–Kier alpha value is -3.36. The summed E-state index contributed by atoms with van der Waals surface area (Å²) in [6, 6.07) is 21.3. The predicted molar refractivity (Wildman–Crippen MR) is 156 cm³/mol. The van der Waals surface area contributed by atoms with Crippen LogP contribution in [0.4, 0.5) is 5.69 Å². The first-order valence-corrected chi connectivity index (χ1v) is 14.9. The fourth-order valence-electron chi connectivity index (χ4n) is 4.14. The second kappa shape index (κ2) is 13.6. The van der Waals surface area contributed by atoms with Crippen LogP contribution in [0.5, 0.6) is 0 Å². The number of amides is 2. The molecule has 9 heteroatoms. The number of sulfonamides is 1. The minimum atomic E-state index is -4.14. The van der Waals surface area contributed by atoms with Gasteiger partial charge in [-0.3, -0.25) is 13.9 Å². The van der Waals surface area contributed by atoms with Crippen molar-refractivity contribution in [3.05, 3.63) is 95.0 Å². The number of hydrogen-bond donors (Lipinski definition) is 1. The van der Waals surface area contributed by atoms with Crippen molar-refractivity contribution in [1.29, 1.82) is 0 Å². The van der Waals surface area contributed by atoms with Crippen molar-refractivity contribution >= 4 is 39.1 Å². The number of rotatable bonds is 12. The molecule has 0 unspecified atom stereocenters. The van der Waals surface area contributed by atoms with Gasteiger partial charge in [0.15, 0.2) is 0 Å². The van der Waals surface area contributed by atoms with E-state index in [1.807, 2.05) is 58.0 Å². The van der Waals surface area contributed by atoms with Gasteiger partial charge in [0, 0.05) is 17.6 Å². The molecule has 3 rings (SSSR count). The fraction of sp³-hybridized carbons (Fsp3) is 0.333. The van der Waals surface area contributed by atoms with Gasteiger partial charge >= 0.3 is 0 Å². The topological polar surface area (TPSA) is 86.8 Å². The molecule has 2 atom stereocenters. The van der Waals surface area contributed by atoms with Gasteiger partial charge in [-0.05, 0) is 62.6 Å². The molecular formula is C30H36ClN3O4S. The Kier molecular flexibility index (Phi) is 10.5. The summed E-state index contributed by atoms with van der Waals surface area (Å²) in [7, 11) is -4.14. The molecule has 7 nitrogen and oxygen atoms in total. The monoisotopic (exact) mass is 569 g/mol. The van der Waals surface area contributed by atoms with Gasteiger partial charge in [0.05, 0.1) is 10.6 Å². The molecule has 0 aliphatic carbocycles. The van der Waals surface area contributed by atoms with Crippen LogP contribution in [0.2, 0.25) is 5.02 Å². The maximum absolute atomic E-state index is 14.0. The Balaban J connectivity index is 2.04. The highest BCUT2D eigenvalue weighted by molar-refractivity contribution is 7.92. The maximum Gasteiger partial charge on any atom is 0.264 e. The number of anilines is 1. The summed E-state index contributed by atoms with van der Waals surface area (Å²) >= 11 is 6.22. The van der Waals surface area contributed by atoms with E-state index in [4.69, 9.17) is 11.6 Å². The van der Waals surface area contributed by atoms with Gasteiger partial charge < -0.3 is 10.2 Å². The summed E-state index contributed by atoms with van der Waals surface area (Å²) in [5.41, 5.74) is 2.00. The van der Waals surface area contributed by atoms with Crippen LogP contribution < -0.4 is 9.62 Å². The van der Waals surface area contributed by atoms with Gasteiger partial charge in [0.2, 0.25) is 11.8 Å². The van der Waals surface area contributed by atoms with Crippen LogP contribution in [-0.2, 0) is 26.2 Å². The lowest BCUT2D eigenvalue weighted by Crippen LogP contribution is -2.53. The molecule has 0 bridgehead atoms. The van der Waals surface area contributed by atoms with Gasteiger partial charge in [-0.15, -0.1) is 0 Å². The molecule has 0 spiro atoms. The van der Waals surface area contributed by atoms with Crippen molar-refractivity contribution in [2.45, 2.75) is 64.1 Å². The average Bonchev–Trinajstić information content (AvgIpc) is 2.92. The lowest BCUT2D eigenvalue weighted by molar-refractivity contribution is -0.140. The third-order valence-corrected chi connectivity index (χ3v) is 8.59. The number of halogens is 1. The first-order valence-electron chi connectivity index (χ1n) is 13.1. The SMILES string of the molecule is CC[C@H](C)NC(=O)[C@H](CC)N(Cc1ccccc1)C(=O)CN(c1cccc(Cl)c1)S(=O)(=O)c1ccc(C)cc1. The molecule has 2 amide bonds.